The molecular weight excluding hydrogens is 240 g/mol. The van der Waals surface area contributed by atoms with Crippen LogP contribution in [0.4, 0.5) is 14.5 Å². The van der Waals surface area contributed by atoms with E-state index in [9.17, 15) is 18.7 Å². The Balaban J connectivity index is 3.18. The number of aliphatic hydroxyl groups excluding tert-OH is 1. The lowest BCUT2D eigenvalue weighted by molar-refractivity contribution is -0.123. The molecule has 5 heteroatoms. The number of hydrogen-bond acceptors (Lipinski definition) is 2. The highest BCUT2D eigenvalue weighted by atomic mass is 19.2. The number of carbonyl (C=O) groups is 1. The van der Waals surface area contributed by atoms with Gasteiger partial charge in [-0.2, -0.15) is 0 Å². The molecule has 1 unspecified atom stereocenters. The normalized spacial score (nSPS) is 13.3. The van der Waals surface area contributed by atoms with Crippen LogP contribution in [0.5, 0.6) is 0 Å². The maximum Gasteiger partial charge on any atom is 0.229 e. The molecular formula is C13H17F2NO2. The second kappa shape index (κ2) is 5.02. The topological polar surface area (TPSA) is 49.3 Å². The summed E-state index contributed by atoms with van der Waals surface area (Å²) in [6.45, 7) is 6.41. The number of nitrogens with one attached hydrogen (secondary N) is 1. The molecule has 0 fully saturated rings. The molecule has 100 valence electrons. The van der Waals surface area contributed by atoms with Gasteiger partial charge in [-0.1, -0.05) is 20.8 Å². The fourth-order valence-corrected chi connectivity index (χ4v) is 1.39. The highest BCUT2D eigenvalue weighted by Crippen LogP contribution is 2.29. The molecule has 0 aliphatic heterocycles. The smallest absolute Gasteiger partial charge is 0.229 e. The van der Waals surface area contributed by atoms with Crippen LogP contribution in [0.15, 0.2) is 12.1 Å². The Morgan fingerprint density at radius 1 is 1.33 bits per heavy atom. The van der Waals surface area contributed by atoms with E-state index in [2.05, 4.69) is 5.32 Å². The highest BCUT2D eigenvalue weighted by Gasteiger charge is 2.24. The van der Waals surface area contributed by atoms with E-state index in [-0.39, 0.29) is 17.2 Å². The molecule has 0 aliphatic carbocycles. The van der Waals surface area contributed by atoms with Crippen LogP contribution in [0, 0.1) is 17.0 Å². The molecule has 0 aliphatic rings. The number of aliphatic hydroxyl groups is 1. The van der Waals surface area contributed by atoms with E-state index < -0.39 is 23.2 Å². The lowest BCUT2D eigenvalue weighted by Crippen LogP contribution is -2.28. The van der Waals surface area contributed by atoms with Gasteiger partial charge >= 0.3 is 0 Å². The molecule has 0 aromatic heterocycles. The van der Waals surface area contributed by atoms with Crippen molar-refractivity contribution in [2.24, 2.45) is 5.41 Å². The standard InChI is InChI=1S/C13H17F2NO2/c1-7(17)10-9(6-5-8(14)11(10)15)16-12(18)13(2,3)4/h5-7,17H,1-4H3,(H,16,18). The molecule has 1 amide bonds. The summed E-state index contributed by atoms with van der Waals surface area (Å²) in [5, 5.41) is 12.0. The molecule has 0 heterocycles. The highest BCUT2D eigenvalue weighted by molar-refractivity contribution is 5.95. The van der Waals surface area contributed by atoms with E-state index in [1.54, 1.807) is 20.8 Å². The monoisotopic (exact) mass is 257 g/mol. The van der Waals surface area contributed by atoms with Gasteiger partial charge in [0.05, 0.1) is 6.10 Å². The second-order valence-electron chi connectivity index (χ2n) is 5.20. The lowest BCUT2D eigenvalue weighted by Gasteiger charge is -2.20. The third-order valence-corrected chi connectivity index (χ3v) is 2.48. The molecule has 0 bridgehead atoms. The molecule has 1 atom stereocenters. The van der Waals surface area contributed by atoms with Crippen molar-refractivity contribution in [2.75, 3.05) is 5.32 Å². The van der Waals surface area contributed by atoms with E-state index >= 15 is 0 Å². The SMILES string of the molecule is CC(O)c1c(NC(=O)C(C)(C)C)ccc(F)c1F. The van der Waals surface area contributed by atoms with Gasteiger partial charge in [-0.15, -0.1) is 0 Å². The third-order valence-electron chi connectivity index (χ3n) is 2.48. The molecule has 0 saturated heterocycles. The van der Waals surface area contributed by atoms with Gasteiger partial charge in [0.2, 0.25) is 5.91 Å². The van der Waals surface area contributed by atoms with Crippen LogP contribution in [0.25, 0.3) is 0 Å². The summed E-state index contributed by atoms with van der Waals surface area (Å²) < 4.78 is 26.7. The Bertz CT molecular complexity index is 465. The molecule has 1 aromatic rings. The molecule has 0 saturated carbocycles. The molecule has 0 radical (unpaired) electrons. The fraction of sp³-hybridized carbons (Fsp3) is 0.462. The summed E-state index contributed by atoms with van der Waals surface area (Å²) in [7, 11) is 0. The van der Waals surface area contributed by atoms with Crippen molar-refractivity contribution in [3.63, 3.8) is 0 Å². The lowest BCUT2D eigenvalue weighted by atomic mass is 9.95. The van der Waals surface area contributed by atoms with Crippen molar-refractivity contribution in [3.05, 3.63) is 29.3 Å². The summed E-state index contributed by atoms with van der Waals surface area (Å²) in [5.41, 5.74) is -0.822. The van der Waals surface area contributed by atoms with Gasteiger partial charge in [-0.25, -0.2) is 8.78 Å². The van der Waals surface area contributed by atoms with Crippen molar-refractivity contribution >= 4 is 11.6 Å². The van der Waals surface area contributed by atoms with Crippen LogP contribution < -0.4 is 5.32 Å². The number of anilines is 1. The van der Waals surface area contributed by atoms with Crippen LogP contribution in [-0.4, -0.2) is 11.0 Å². The predicted molar refractivity (Wildman–Crippen MR) is 65.1 cm³/mol. The van der Waals surface area contributed by atoms with Crippen LogP contribution in [0.2, 0.25) is 0 Å². The van der Waals surface area contributed by atoms with Crippen LogP contribution in [-0.2, 0) is 4.79 Å². The van der Waals surface area contributed by atoms with E-state index in [1.807, 2.05) is 0 Å². The van der Waals surface area contributed by atoms with Crippen molar-refractivity contribution < 1.29 is 18.7 Å². The van der Waals surface area contributed by atoms with Crippen molar-refractivity contribution in [1.29, 1.82) is 0 Å². The van der Waals surface area contributed by atoms with Gasteiger partial charge in [0, 0.05) is 16.7 Å². The Morgan fingerprint density at radius 3 is 2.33 bits per heavy atom. The number of benzene rings is 1. The molecule has 3 nitrogen and oxygen atoms in total. The van der Waals surface area contributed by atoms with E-state index in [4.69, 9.17) is 0 Å². The van der Waals surface area contributed by atoms with E-state index in [0.29, 0.717) is 0 Å². The van der Waals surface area contributed by atoms with Crippen molar-refractivity contribution in [3.8, 4) is 0 Å². The first kappa shape index (κ1) is 14.6. The predicted octanol–water partition coefficient (Wildman–Crippen LogP) is 3.00. The minimum absolute atomic E-state index is 0.0869. The Hall–Kier alpha value is -1.49. The average Bonchev–Trinajstić information content (AvgIpc) is 2.21. The first-order valence-corrected chi connectivity index (χ1v) is 5.62. The molecule has 0 spiro atoms. The molecule has 1 rings (SSSR count). The van der Waals surface area contributed by atoms with E-state index in [0.717, 1.165) is 6.07 Å². The number of carbonyl (C=O) groups excluding carboxylic acids is 1. The van der Waals surface area contributed by atoms with Crippen LogP contribution in [0.3, 0.4) is 0 Å². The number of hydrogen-bond donors (Lipinski definition) is 2. The van der Waals surface area contributed by atoms with Gasteiger partial charge < -0.3 is 10.4 Å². The summed E-state index contributed by atoms with van der Waals surface area (Å²) in [5.74, 6) is -2.54. The maximum atomic E-state index is 13.6. The van der Waals surface area contributed by atoms with Gasteiger partial charge in [-0.05, 0) is 19.1 Å². The summed E-state index contributed by atoms with van der Waals surface area (Å²) >= 11 is 0. The summed E-state index contributed by atoms with van der Waals surface area (Å²) in [4.78, 5) is 11.8. The third kappa shape index (κ3) is 3.04. The van der Waals surface area contributed by atoms with Crippen molar-refractivity contribution in [1.82, 2.24) is 0 Å². The average molecular weight is 257 g/mol. The Morgan fingerprint density at radius 2 is 1.89 bits per heavy atom. The molecule has 2 N–H and O–H groups in total. The summed E-state index contributed by atoms with van der Waals surface area (Å²) in [6, 6.07) is 2.16. The maximum absolute atomic E-state index is 13.6. The minimum Gasteiger partial charge on any atom is -0.389 e. The van der Waals surface area contributed by atoms with Gasteiger partial charge in [0.1, 0.15) is 0 Å². The van der Waals surface area contributed by atoms with Crippen LogP contribution in [0.1, 0.15) is 39.4 Å². The fourth-order valence-electron chi connectivity index (χ4n) is 1.39. The Labute approximate surface area is 105 Å². The number of rotatable bonds is 2. The van der Waals surface area contributed by atoms with Gasteiger partial charge in [0.25, 0.3) is 0 Å². The van der Waals surface area contributed by atoms with Crippen molar-refractivity contribution in [2.45, 2.75) is 33.8 Å². The van der Waals surface area contributed by atoms with Gasteiger partial charge in [0.15, 0.2) is 11.6 Å². The largest absolute Gasteiger partial charge is 0.389 e. The number of amides is 1. The zero-order valence-corrected chi connectivity index (χ0v) is 10.8. The second-order valence-corrected chi connectivity index (χ2v) is 5.20. The van der Waals surface area contributed by atoms with Gasteiger partial charge in [-0.3, -0.25) is 4.79 Å². The Kier molecular flexibility index (Phi) is 4.06. The summed E-state index contributed by atoms with van der Waals surface area (Å²) in [6.07, 6.45) is -1.21. The zero-order chi connectivity index (χ0) is 14.1. The molecule has 1 aromatic carbocycles. The first-order valence-electron chi connectivity index (χ1n) is 5.62. The quantitative estimate of drug-likeness (QED) is 0.855. The minimum atomic E-state index is -1.21. The first-order chi connectivity index (χ1) is 8.14. The number of halogens is 2. The van der Waals surface area contributed by atoms with E-state index in [1.165, 1.54) is 13.0 Å². The molecule has 18 heavy (non-hydrogen) atoms. The zero-order valence-electron chi connectivity index (χ0n) is 10.8. The van der Waals surface area contributed by atoms with Crippen LogP contribution >= 0.6 is 0 Å².